The molecule has 1 atom stereocenters. The largest absolute Gasteiger partial charge is 0.338 e. The van der Waals surface area contributed by atoms with Crippen molar-refractivity contribution in [1.82, 2.24) is 14.9 Å². The zero-order valence-electron chi connectivity index (χ0n) is 15.5. The molecule has 6 heteroatoms. The summed E-state index contributed by atoms with van der Waals surface area (Å²) >= 11 is 0. The third-order valence-corrected chi connectivity index (χ3v) is 5.18. The summed E-state index contributed by atoms with van der Waals surface area (Å²) in [6.45, 7) is 2.85. The van der Waals surface area contributed by atoms with Crippen LogP contribution >= 0.6 is 0 Å². The van der Waals surface area contributed by atoms with Crippen LogP contribution in [0.2, 0.25) is 0 Å². The van der Waals surface area contributed by atoms with Gasteiger partial charge in [-0.15, -0.1) is 0 Å². The number of aromatic nitrogens is 2. The van der Waals surface area contributed by atoms with Gasteiger partial charge in [-0.3, -0.25) is 9.59 Å². The average molecular weight is 377 g/mol. The topological polar surface area (TPSA) is 66.1 Å². The molecule has 0 saturated carbocycles. The van der Waals surface area contributed by atoms with E-state index in [9.17, 15) is 14.0 Å². The van der Waals surface area contributed by atoms with E-state index in [0.717, 1.165) is 11.1 Å². The molecule has 1 N–H and O–H groups in total. The van der Waals surface area contributed by atoms with Gasteiger partial charge in [-0.25, -0.2) is 9.37 Å². The summed E-state index contributed by atoms with van der Waals surface area (Å²) in [6.07, 6.45) is 1.99. The molecule has 0 unspecified atom stereocenters. The summed E-state index contributed by atoms with van der Waals surface area (Å²) in [4.78, 5) is 33.8. The molecule has 4 rings (SSSR count). The van der Waals surface area contributed by atoms with Crippen LogP contribution in [0.15, 0.2) is 59.5 Å². The van der Waals surface area contributed by atoms with Crippen LogP contribution in [-0.2, 0) is 0 Å². The quantitative estimate of drug-likeness (QED) is 0.760. The second-order valence-corrected chi connectivity index (χ2v) is 7.10. The predicted octanol–water partition coefficient (Wildman–Crippen LogP) is 3.51. The molecule has 1 aliphatic rings. The molecule has 1 saturated heterocycles. The van der Waals surface area contributed by atoms with Gasteiger partial charge >= 0.3 is 0 Å². The Bertz CT molecular complexity index is 1080. The third kappa shape index (κ3) is 3.45. The minimum Gasteiger partial charge on any atom is -0.338 e. The van der Waals surface area contributed by atoms with Gasteiger partial charge in [-0.05, 0) is 25.0 Å². The van der Waals surface area contributed by atoms with Crippen molar-refractivity contribution >= 4 is 5.91 Å². The fraction of sp³-hybridized carbons (Fsp3) is 0.227. The minimum absolute atomic E-state index is 0.00467. The molecule has 1 aromatic heterocycles. The lowest BCUT2D eigenvalue weighted by Gasteiger charge is -2.16. The molecule has 5 nitrogen and oxygen atoms in total. The molecule has 0 radical (unpaired) electrons. The van der Waals surface area contributed by atoms with E-state index in [2.05, 4.69) is 9.97 Å². The van der Waals surface area contributed by atoms with Crippen molar-refractivity contribution in [1.29, 1.82) is 0 Å². The van der Waals surface area contributed by atoms with Crippen LogP contribution in [0, 0.1) is 12.7 Å². The number of carbonyl (C=O) groups is 1. The molecule has 1 fully saturated rings. The van der Waals surface area contributed by atoms with Gasteiger partial charge in [0, 0.05) is 30.8 Å². The Morgan fingerprint density at radius 1 is 1.18 bits per heavy atom. The monoisotopic (exact) mass is 377 g/mol. The van der Waals surface area contributed by atoms with Gasteiger partial charge < -0.3 is 9.88 Å². The van der Waals surface area contributed by atoms with E-state index in [4.69, 9.17) is 0 Å². The number of H-pyrrole nitrogens is 1. The van der Waals surface area contributed by atoms with Crippen molar-refractivity contribution in [3.05, 3.63) is 87.6 Å². The molecule has 0 aliphatic carbocycles. The van der Waals surface area contributed by atoms with E-state index < -0.39 is 5.56 Å². The zero-order chi connectivity index (χ0) is 19.7. The maximum Gasteiger partial charge on any atom is 0.264 e. The van der Waals surface area contributed by atoms with Crippen LogP contribution in [0.1, 0.15) is 33.8 Å². The molecular formula is C22H20FN3O2. The van der Waals surface area contributed by atoms with Gasteiger partial charge in [0.1, 0.15) is 17.2 Å². The van der Waals surface area contributed by atoms with Crippen LogP contribution in [-0.4, -0.2) is 33.9 Å². The molecular weight excluding hydrogens is 357 g/mol. The maximum absolute atomic E-state index is 14.0. The number of nitrogens with zero attached hydrogens (tertiary/aromatic N) is 2. The molecule has 2 heterocycles. The molecule has 0 spiro atoms. The molecule has 28 heavy (non-hydrogen) atoms. The van der Waals surface area contributed by atoms with Gasteiger partial charge in [-0.1, -0.05) is 48.0 Å². The van der Waals surface area contributed by atoms with Crippen molar-refractivity contribution < 1.29 is 9.18 Å². The zero-order valence-corrected chi connectivity index (χ0v) is 15.5. The molecule has 1 amide bonds. The fourth-order valence-electron chi connectivity index (χ4n) is 3.58. The number of aromatic amines is 1. The summed E-state index contributed by atoms with van der Waals surface area (Å²) < 4.78 is 14.0. The smallest absolute Gasteiger partial charge is 0.264 e. The Morgan fingerprint density at radius 2 is 1.93 bits per heavy atom. The Hall–Kier alpha value is -3.28. The van der Waals surface area contributed by atoms with Crippen LogP contribution < -0.4 is 5.56 Å². The van der Waals surface area contributed by atoms with Crippen LogP contribution in [0.25, 0.3) is 11.4 Å². The number of hydrogen-bond donors (Lipinski definition) is 1. The average Bonchev–Trinajstić information content (AvgIpc) is 3.18. The number of benzene rings is 2. The molecule has 142 valence electrons. The van der Waals surface area contributed by atoms with E-state index in [1.807, 2.05) is 31.2 Å². The molecule has 2 aromatic carbocycles. The van der Waals surface area contributed by atoms with E-state index in [0.29, 0.717) is 30.9 Å². The first-order chi connectivity index (χ1) is 13.5. The molecule has 1 aliphatic heterocycles. The van der Waals surface area contributed by atoms with E-state index in [1.54, 1.807) is 23.1 Å². The second-order valence-electron chi connectivity index (χ2n) is 7.10. The number of carbonyl (C=O) groups excluding carboxylic acids is 1. The maximum atomic E-state index is 14.0. The van der Waals surface area contributed by atoms with Gasteiger partial charge in [0.05, 0.1) is 0 Å². The first kappa shape index (κ1) is 18.1. The first-order valence-electron chi connectivity index (χ1n) is 9.23. The Morgan fingerprint density at radius 3 is 2.64 bits per heavy atom. The van der Waals surface area contributed by atoms with Crippen molar-refractivity contribution in [2.24, 2.45) is 0 Å². The highest BCUT2D eigenvalue weighted by Gasteiger charge is 2.30. The molecule has 3 aromatic rings. The standard InChI is InChI=1S/C22H20FN3O2/c1-14-6-8-15(9-7-14)20-24-12-18(21(27)25-20)22(28)26-11-10-16(13-26)17-4-2-3-5-19(17)23/h2-9,12,16H,10-11,13H2,1H3,(H,24,25,27)/t16-/m1/s1. The number of aryl methyl sites for hydroxylation is 1. The second kappa shape index (κ2) is 7.38. The third-order valence-electron chi connectivity index (χ3n) is 5.18. The Kier molecular flexibility index (Phi) is 4.77. The van der Waals surface area contributed by atoms with Crippen molar-refractivity contribution in [2.45, 2.75) is 19.3 Å². The van der Waals surface area contributed by atoms with Gasteiger partial charge in [-0.2, -0.15) is 0 Å². The van der Waals surface area contributed by atoms with E-state index in [1.165, 1.54) is 12.3 Å². The fourth-order valence-corrected chi connectivity index (χ4v) is 3.58. The normalized spacial score (nSPS) is 16.4. The highest BCUT2D eigenvalue weighted by atomic mass is 19.1. The number of likely N-dealkylation sites (tertiary alicyclic amines) is 1. The molecule has 0 bridgehead atoms. The number of amides is 1. The number of hydrogen-bond acceptors (Lipinski definition) is 3. The summed E-state index contributed by atoms with van der Waals surface area (Å²) in [6, 6.07) is 14.2. The summed E-state index contributed by atoms with van der Waals surface area (Å²) in [5.41, 5.74) is 2.04. The van der Waals surface area contributed by atoms with Gasteiger partial charge in [0.15, 0.2) is 0 Å². The summed E-state index contributed by atoms with van der Waals surface area (Å²) in [7, 11) is 0. The van der Waals surface area contributed by atoms with E-state index >= 15 is 0 Å². The van der Waals surface area contributed by atoms with Gasteiger partial charge in [0.2, 0.25) is 0 Å². The lowest BCUT2D eigenvalue weighted by atomic mass is 9.98. The number of halogens is 1. The SMILES string of the molecule is Cc1ccc(-c2ncc(C(=O)N3CC[C@@H](c4ccccc4F)C3)c(=O)[nH]2)cc1. The number of rotatable bonds is 3. The van der Waals surface area contributed by atoms with Crippen LogP contribution in [0.3, 0.4) is 0 Å². The van der Waals surface area contributed by atoms with Gasteiger partial charge in [0.25, 0.3) is 11.5 Å². The predicted molar refractivity (Wildman–Crippen MR) is 105 cm³/mol. The summed E-state index contributed by atoms with van der Waals surface area (Å²) in [5, 5.41) is 0. The minimum atomic E-state index is -0.468. The first-order valence-corrected chi connectivity index (χ1v) is 9.23. The highest BCUT2D eigenvalue weighted by molar-refractivity contribution is 5.94. The van der Waals surface area contributed by atoms with Crippen molar-refractivity contribution in [2.75, 3.05) is 13.1 Å². The summed E-state index contributed by atoms with van der Waals surface area (Å²) in [5.74, 6) is -0.275. The highest BCUT2D eigenvalue weighted by Crippen LogP contribution is 2.29. The lowest BCUT2D eigenvalue weighted by Crippen LogP contribution is -2.33. The Labute approximate surface area is 161 Å². The van der Waals surface area contributed by atoms with Crippen LogP contribution in [0.4, 0.5) is 4.39 Å². The lowest BCUT2D eigenvalue weighted by molar-refractivity contribution is 0.0788. The van der Waals surface area contributed by atoms with Crippen molar-refractivity contribution in [3.63, 3.8) is 0 Å². The number of nitrogens with one attached hydrogen (secondary N) is 1. The van der Waals surface area contributed by atoms with Crippen molar-refractivity contribution in [3.8, 4) is 11.4 Å². The van der Waals surface area contributed by atoms with Crippen LogP contribution in [0.5, 0.6) is 0 Å². The Balaban J connectivity index is 1.53. The van der Waals surface area contributed by atoms with E-state index in [-0.39, 0.29) is 23.2 Å².